The molecule has 0 aliphatic heterocycles. The average Bonchev–Trinajstić information content (AvgIpc) is 2.93. The van der Waals surface area contributed by atoms with Gasteiger partial charge in [0.2, 0.25) is 0 Å². The van der Waals surface area contributed by atoms with E-state index in [0.717, 1.165) is 18.7 Å². The molecule has 2 aromatic rings. The van der Waals surface area contributed by atoms with E-state index in [1.165, 1.54) is 4.88 Å². The molecule has 1 aromatic carbocycles. The van der Waals surface area contributed by atoms with Crippen LogP contribution in [-0.2, 0) is 6.42 Å². The molecule has 0 saturated carbocycles. The molecule has 19 heavy (non-hydrogen) atoms. The molecule has 4 nitrogen and oxygen atoms in total. The van der Waals surface area contributed by atoms with E-state index in [4.69, 9.17) is 5.73 Å². The minimum Gasteiger partial charge on any atom is -0.397 e. The second-order valence-corrected chi connectivity index (χ2v) is 5.17. The number of benzene rings is 1. The van der Waals surface area contributed by atoms with Gasteiger partial charge in [0.15, 0.2) is 0 Å². The summed E-state index contributed by atoms with van der Waals surface area (Å²) < 4.78 is 0. The third-order valence-electron chi connectivity index (χ3n) is 2.81. The van der Waals surface area contributed by atoms with Crippen LogP contribution in [0.2, 0.25) is 0 Å². The summed E-state index contributed by atoms with van der Waals surface area (Å²) in [4.78, 5) is 12.8. The van der Waals surface area contributed by atoms with Gasteiger partial charge in [0.25, 0.3) is 5.91 Å². The Bertz CT molecular complexity index is 552. The second kappa shape index (κ2) is 6.24. The van der Waals surface area contributed by atoms with Crippen LogP contribution < -0.4 is 16.4 Å². The van der Waals surface area contributed by atoms with Gasteiger partial charge in [0.05, 0.1) is 11.4 Å². The van der Waals surface area contributed by atoms with Gasteiger partial charge in [-0.15, -0.1) is 11.3 Å². The molecule has 0 aliphatic carbocycles. The summed E-state index contributed by atoms with van der Waals surface area (Å²) in [6, 6.07) is 9.46. The summed E-state index contributed by atoms with van der Waals surface area (Å²) >= 11 is 1.75. The third-order valence-corrected chi connectivity index (χ3v) is 3.74. The van der Waals surface area contributed by atoms with Crippen LogP contribution in [0.5, 0.6) is 0 Å². The van der Waals surface area contributed by atoms with Crippen molar-refractivity contribution in [3.63, 3.8) is 0 Å². The van der Waals surface area contributed by atoms with Crippen molar-refractivity contribution in [1.82, 2.24) is 5.32 Å². The lowest BCUT2D eigenvalue weighted by Gasteiger charge is -2.10. The van der Waals surface area contributed by atoms with E-state index in [-0.39, 0.29) is 5.91 Å². The first-order chi connectivity index (χ1) is 9.20. The van der Waals surface area contributed by atoms with Gasteiger partial charge in [-0.25, -0.2) is 0 Å². The average molecular weight is 275 g/mol. The predicted octanol–water partition coefficient (Wildman–Crippen LogP) is 2.34. The zero-order chi connectivity index (χ0) is 13.7. The number of hydrogen-bond donors (Lipinski definition) is 3. The lowest BCUT2D eigenvalue weighted by atomic mass is 10.1. The Kier molecular flexibility index (Phi) is 4.41. The highest BCUT2D eigenvalue weighted by Gasteiger charge is 2.06. The molecule has 0 unspecified atom stereocenters. The number of nitrogen functional groups attached to an aromatic ring is 1. The van der Waals surface area contributed by atoms with Crippen molar-refractivity contribution in [2.45, 2.75) is 6.42 Å². The normalized spacial score (nSPS) is 10.2. The molecule has 1 aromatic heterocycles. The van der Waals surface area contributed by atoms with Crippen LogP contribution in [0.25, 0.3) is 0 Å². The van der Waals surface area contributed by atoms with E-state index in [0.29, 0.717) is 11.3 Å². The number of thiophene rings is 1. The second-order valence-electron chi connectivity index (χ2n) is 4.14. The van der Waals surface area contributed by atoms with E-state index < -0.39 is 0 Å². The Labute approximate surface area is 116 Å². The van der Waals surface area contributed by atoms with Gasteiger partial charge in [-0.3, -0.25) is 4.79 Å². The maximum absolute atomic E-state index is 11.5. The number of anilines is 2. The van der Waals surface area contributed by atoms with Crippen LogP contribution in [0.4, 0.5) is 11.4 Å². The SMILES string of the molecule is CNC(=O)c1ccc(NCCc2cccs2)c(N)c1. The molecule has 0 aliphatic rings. The fourth-order valence-corrected chi connectivity index (χ4v) is 2.49. The van der Waals surface area contributed by atoms with Gasteiger partial charge >= 0.3 is 0 Å². The molecule has 2 rings (SSSR count). The van der Waals surface area contributed by atoms with Crippen molar-refractivity contribution in [3.05, 3.63) is 46.2 Å². The Morgan fingerprint density at radius 1 is 1.37 bits per heavy atom. The van der Waals surface area contributed by atoms with Crippen molar-refractivity contribution in [3.8, 4) is 0 Å². The van der Waals surface area contributed by atoms with Crippen molar-refractivity contribution < 1.29 is 4.79 Å². The Balaban J connectivity index is 1.95. The molecular formula is C14H17N3OS. The van der Waals surface area contributed by atoms with E-state index in [9.17, 15) is 4.79 Å². The summed E-state index contributed by atoms with van der Waals surface area (Å²) in [6.45, 7) is 0.823. The summed E-state index contributed by atoms with van der Waals surface area (Å²) in [5.41, 5.74) is 7.96. The number of nitrogens with one attached hydrogen (secondary N) is 2. The number of carbonyl (C=O) groups is 1. The van der Waals surface area contributed by atoms with Crippen LogP contribution in [0, 0.1) is 0 Å². The van der Waals surface area contributed by atoms with E-state index >= 15 is 0 Å². The monoisotopic (exact) mass is 275 g/mol. The smallest absolute Gasteiger partial charge is 0.251 e. The lowest BCUT2D eigenvalue weighted by Crippen LogP contribution is -2.18. The zero-order valence-electron chi connectivity index (χ0n) is 10.8. The minimum atomic E-state index is -0.128. The third kappa shape index (κ3) is 3.48. The van der Waals surface area contributed by atoms with Gasteiger partial charge in [-0.2, -0.15) is 0 Å². The summed E-state index contributed by atoms with van der Waals surface area (Å²) in [5.74, 6) is -0.128. The summed E-state index contributed by atoms with van der Waals surface area (Å²) in [7, 11) is 1.60. The number of nitrogens with two attached hydrogens (primary N) is 1. The van der Waals surface area contributed by atoms with Crippen molar-refractivity contribution in [2.24, 2.45) is 0 Å². The van der Waals surface area contributed by atoms with Crippen molar-refractivity contribution in [1.29, 1.82) is 0 Å². The zero-order valence-corrected chi connectivity index (χ0v) is 11.6. The van der Waals surface area contributed by atoms with Crippen molar-refractivity contribution in [2.75, 3.05) is 24.6 Å². The number of amides is 1. The van der Waals surface area contributed by atoms with Gasteiger partial charge < -0.3 is 16.4 Å². The maximum atomic E-state index is 11.5. The van der Waals surface area contributed by atoms with Gasteiger partial charge in [-0.05, 0) is 36.1 Å². The highest BCUT2D eigenvalue weighted by atomic mass is 32.1. The first-order valence-corrected chi connectivity index (χ1v) is 6.96. The fraction of sp³-hybridized carbons (Fsp3) is 0.214. The van der Waals surface area contributed by atoms with Crippen LogP contribution in [0.3, 0.4) is 0 Å². The van der Waals surface area contributed by atoms with Crippen molar-refractivity contribution >= 4 is 28.6 Å². The highest BCUT2D eigenvalue weighted by Crippen LogP contribution is 2.20. The van der Waals surface area contributed by atoms with E-state index in [1.54, 1.807) is 30.5 Å². The van der Waals surface area contributed by atoms with Gasteiger partial charge in [-0.1, -0.05) is 6.07 Å². The van der Waals surface area contributed by atoms with Crippen LogP contribution in [-0.4, -0.2) is 19.5 Å². The molecular weight excluding hydrogens is 258 g/mol. The largest absolute Gasteiger partial charge is 0.397 e. The quantitative estimate of drug-likeness (QED) is 0.734. The Morgan fingerprint density at radius 3 is 2.84 bits per heavy atom. The fourth-order valence-electron chi connectivity index (χ4n) is 1.78. The minimum absolute atomic E-state index is 0.128. The standard InChI is InChI=1S/C14H17N3OS/c1-16-14(18)10-4-5-13(12(15)9-10)17-7-6-11-3-2-8-19-11/h2-5,8-9,17H,6-7,15H2,1H3,(H,16,18). The van der Waals surface area contributed by atoms with Crippen LogP contribution in [0.15, 0.2) is 35.7 Å². The van der Waals surface area contributed by atoms with Gasteiger partial charge in [0.1, 0.15) is 0 Å². The summed E-state index contributed by atoms with van der Waals surface area (Å²) in [5, 5.41) is 7.93. The summed E-state index contributed by atoms with van der Waals surface area (Å²) in [6.07, 6.45) is 0.967. The van der Waals surface area contributed by atoms with Gasteiger partial charge in [0, 0.05) is 24.0 Å². The predicted molar refractivity (Wildman–Crippen MR) is 80.8 cm³/mol. The number of rotatable bonds is 5. The molecule has 0 bridgehead atoms. The topological polar surface area (TPSA) is 67.2 Å². The molecule has 0 radical (unpaired) electrons. The molecule has 0 saturated heterocycles. The first-order valence-electron chi connectivity index (χ1n) is 6.08. The molecule has 0 fully saturated rings. The Hall–Kier alpha value is -2.01. The van der Waals surface area contributed by atoms with Crippen LogP contribution >= 0.6 is 11.3 Å². The molecule has 0 spiro atoms. The molecule has 4 N–H and O–H groups in total. The Morgan fingerprint density at radius 2 is 2.21 bits per heavy atom. The molecule has 100 valence electrons. The molecule has 1 heterocycles. The number of hydrogen-bond acceptors (Lipinski definition) is 4. The molecule has 0 atom stereocenters. The lowest BCUT2D eigenvalue weighted by molar-refractivity contribution is 0.0963. The molecule has 5 heteroatoms. The van der Waals surface area contributed by atoms with Crippen LogP contribution in [0.1, 0.15) is 15.2 Å². The highest BCUT2D eigenvalue weighted by molar-refractivity contribution is 7.09. The molecule has 1 amide bonds. The van der Waals surface area contributed by atoms with E-state index in [2.05, 4.69) is 22.1 Å². The van der Waals surface area contributed by atoms with E-state index in [1.807, 2.05) is 12.1 Å². The number of carbonyl (C=O) groups excluding carboxylic acids is 1. The first kappa shape index (κ1) is 13.4. The maximum Gasteiger partial charge on any atom is 0.251 e.